The summed E-state index contributed by atoms with van der Waals surface area (Å²) in [5.41, 5.74) is 0. The molecule has 1 rings (SSSR count). The Morgan fingerprint density at radius 3 is 2.93 bits per heavy atom. The van der Waals surface area contributed by atoms with Crippen LogP contribution in [0.2, 0.25) is 0 Å². The molecular formula is C11H18BrNOS. The van der Waals surface area contributed by atoms with E-state index in [-0.39, 0.29) is 0 Å². The molecule has 86 valence electrons. The van der Waals surface area contributed by atoms with Gasteiger partial charge in [-0.2, -0.15) is 0 Å². The summed E-state index contributed by atoms with van der Waals surface area (Å²) in [5, 5.41) is 5.49. The van der Waals surface area contributed by atoms with Crippen LogP contribution < -0.4 is 5.32 Å². The molecule has 0 aliphatic carbocycles. The van der Waals surface area contributed by atoms with Gasteiger partial charge < -0.3 is 10.1 Å². The quantitative estimate of drug-likeness (QED) is 0.744. The summed E-state index contributed by atoms with van der Waals surface area (Å²) in [5.74, 6) is 0. The molecule has 2 nitrogen and oxygen atoms in total. The molecule has 0 saturated carbocycles. The fourth-order valence-electron chi connectivity index (χ4n) is 1.33. The maximum Gasteiger partial charge on any atom is 0.0587 e. The summed E-state index contributed by atoms with van der Waals surface area (Å²) in [7, 11) is 1.73. The minimum atomic E-state index is 0.803. The van der Waals surface area contributed by atoms with E-state index in [0.29, 0.717) is 0 Å². The highest BCUT2D eigenvalue weighted by Crippen LogP contribution is 2.21. The molecule has 1 aromatic rings. The van der Waals surface area contributed by atoms with Crippen molar-refractivity contribution in [2.45, 2.75) is 19.3 Å². The van der Waals surface area contributed by atoms with Crippen LogP contribution >= 0.6 is 27.3 Å². The largest absolute Gasteiger partial charge is 0.383 e. The zero-order valence-corrected chi connectivity index (χ0v) is 11.5. The summed E-state index contributed by atoms with van der Waals surface area (Å²) in [6, 6.07) is 2.21. The molecule has 0 fully saturated rings. The van der Waals surface area contributed by atoms with Crippen LogP contribution in [0.1, 0.15) is 17.7 Å². The van der Waals surface area contributed by atoms with E-state index >= 15 is 0 Å². The Kier molecular flexibility index (Phi) is 7.26. The smallest absolute Gasteiger partial charge is 0.0587 e. The van der Waals surface area contributed by atoms with Gasteiger partial charge in [-0.3, -0.25) is 0 Å². The summed E-state index contributed by atoms with van der Waals surface area (Å²) in [6.07, 6.45) is 3.69. The number of hydrogen-bond acceptors (Lipinski definition) is 3. The summed E-state index contributed by atoms with van der Waals surface area (Å²) in [6.45, 7) is 2.86. The maximum absolute atomic E-state index is 4.95. The standard InChI is InChI=1S/C11H18BrNOS/c1-14-7-6-13-5-3-2-4-11-8-10(12)9-15-11/h8-9,13H,2-7H2,1H3. The predicted octanol–water partition coefficient (Wildman–Crippen LogP) is 3.07. The van der Waals surface area contributed by atoms with E-state index in [2.05, 4.69) is 32.7 Å². The van der Waals surface area contributed by atoms with Crippen molar-refractivity contribution in [3.63, 3.8) is 0 Å². The first kappa shape index (κ1) is 13.2. The van der Waals surface area contributed by atoms with Gasteiger partial charge in [-0.05, 0) is 47.8 Å². The molecule has 1 heterocycles. The highest BCUT2D eigenvalue weighted by molar-refractivity contribution is 9.10. The highest BCUT2D eigenvalue weighted by atomic mass is 79.9. The number of methoxy groups -OCH3 is 1. The van der Waals surface area contributed by atoms with Crippen molar-refractivity contribution in [2.75, 3.05) is 26.8 Å². The zero-order valence-electron chi connectivity index (χ0n) is 9.09. The van der Waals surface area contributed by atoms with Gasteiger partial charge in [-0.15, -0.1) is 11.3 Å². The minimum absolute atomic E-state index is 0.803. The van der Waals surface area contributed by atoms with E-state index in [1.165, 1.54) is 28.6 Å². The van der Waals surface area contributed by atoms with Crippen molar-refractivity contribution < 1.29 is 4.74 Å². The fraction of sp³-hybridized carbons (Fsp3) is 0.636. The van der Waals surface area contributed by atoms with Gasteiger partial charge in [0, 0.05) is 28.4 Å². The molecule has 0 saturated heterocycles. The molecule has 0 aliphatic rings. The Balaban J connectivity index is 1.93. The average molecular weight is 292 g/mol. The van der Waals surface area contributed by atoms with Gasteiger partial charge in [0.05, 0.1) is 6.61 Å². The van der Waals surface area contributed by atoms with E-state index in [4.69, 9.17) is 4.74 Å². The topological polar surface area (TPSA) is 21.3 Å². The average Bonchev–Trinajstić information content (AvgIpc) is 2.63. The van der Waals surface area contributed by atoms with Crippen molar-refractivity contribution in [1.29, 1.82) is 0 Å². The number of aryl methyl sites for hydroxylation is 1. The lowest BCUT2D eigenvalue weighted by atomic mass is 10.2. The Labute approximate surface area is 104 Å². The predicted molar refractivity (Wildman–Crippen MR) is 69.7 cm³/mol. The molecule has 1 N–H and O–H groups in total. The Bertz CT molecular complexity index is 265. The second-order valence-electron chi connectivity index (χ2n) is 3.43. The van der Waals surface area contributed by atoms with Gasteiger partial charge in [0.2, 0.25) is 0 Å². The molecule has 0 atom stereocenters. The molecule has 4 heteroatoms. The third-order valence-electron chi connectivity index (χ3n) is 2.13. The third-order valence-corrected chi connectivity index (χ3v) is 3.89. The van der Waals surface area contributed by atoms with Gasteiger partial charge in [0.1, 0.15) is 0 Å². The van der Waals surface area contributed by atoms with Crippen molar-refractivity contribution in [1.82, 2.24) is 5.32 Å². The summed E-state index contributed by atoms with van der Waals surface area (Å²) >= 11 is 5.30. The first-order valence-corrected chi connectivity index (χ1v) is 6.93. The number of unbranched alkanes of at least 4 members (excludes halogenated alkanes) is 1. The molecule has 0 amide bonds. The molecule has 15 heavy (non-hydrogen) atoms. The van der Waals surface area contributed by atoms with Gasteiger partial charge in [-0.1, -0.05) is 0 Å². The molecule has 0 aromatic carbocycles. The first-order chi connectivity index (χ1) is 7.33. The van der Waals surface area contributed by atoms with Crippen LogP contribution in [0.4, 0.5) is 0 Å². The van der Waals surface area contributed by atoms with Crippen molar-refractivity contribution in [3.05, 3.63) is 20.8 Å². The minimum Gasteiger partial charge on any atom is -0.383 e. The zero-order chi connectivity index (χ0) is 10.9. The Morgan fingerprint density at radius 1 is 1.40 bits per heavy atom. The number of rotatable bonds is 8. The van der Waals surface area contributed by atoms with Gasteiger partial charge in [0.15, 0.2) is 0 Å². The van der Waals surface area contributed by atoms with E-state index in [1.54, 1.807) is 7.11 Å². The molecule has 0 radical (unpaired) electrons. The van der Waals surface area contributed by atoms with Crippen LogP contribution in [-0.2, 0) is 11.2 Å². The van der Waals surface area contributed by atoms with E-state index in [1.807, 2.05) is 11.3 Å². The van der Waals surface area contributed by atoms with Crippen LogP contribution in [0.25, 0.3) is 0 Å². The molecule has 0 spiro atoms. The molecule has 0 aliphatic heterocycles. The van der Waals surface area contributed by atoms with Gasteiger partial charge >= 0.3 is 0 Å². The number of thiophene rings is 1. The molecule has 0 unspecified atom stereocenters. The maximum atomic E-state index is 4.95. The molecule has 1 aromatic heterocycles. The van der Waals surface area contributed by atoms with E-state index < -0.39 is 0 Å². The van der Waals surface area contributed by atoms with Crippen molar-refractivity contribution >= 4 is 27.3 Å². The van der Waals surface area contributed by atoms with Crippen molar-refractivity contribution in [3.8, 4) is 0 Å². The summed E-state index contributed by atoms with van der Waals surface area (Å²) in [4.78, 5) is 1.47. The number of nitrogens with one attached hydrogen (secondary N) is 1. The second-order valence-corrected chi connectivity index (χ2v) is 5.34. The van der Waals surface area contributed by atoms with Crippen LogP contribution in [-0.4, -0.2) is 26.8 Å². The SMILES string of the molecule is COCCNCCCCc1cc(Br)cs1. The van der Waals surface area contributed by atoms with Gasteiger partial charge in [-0.25, -0.2) is 0 Å². The second kappa shape index (κ2) is 8.28. The normalized spacial score (nSPS) is 10.8. The number of hydrogen-bond donors (Lipinski definition) is 1. The van der Waals surface area contributed by atoms with Gasteiger partial charge in [0.25, 0.3) is 0 Å². The lowest BCUT2D eigenvalue weighted by Gasteiger charge is -2.02. The molecular weight excluding hydrogens is 274 g/mol. The third kappa shape index (κ3) is 6.30. The lowest BCUT2D eigenvalue weighted by molar-refractivity contribution is 0.199. The van der Waals surface area contributed by atoms with Crippen LogP contribution in [0, 0.1) is 0 Å². The number of halogens is 1. The molecule has 0 bridgehead atoms. The fourth-order valence-corrected chi connectivity index (χ4v) is 2.83. The van der Waals surface area contributed by atoms with E-state index in [9.17, 15) is 0 Å². The van der Waals surface area contributed by atoms with Crippen LogP contribution in [0.3, 0.4) is 0 Å². The first-order valence-electron chi connectivity index (χ1n) is 5.25. The number of ether oxygens (including phenoxy) is 1. The van der Waals surface area contributed by atoms with Crippen molar-refractivity contribution in [2.24, 2.45) is 0 Å². The van der Waals surface area contributed by atoms with Crippen LogP contribution in [0.15, 0.2) is 15.9 Å². The van der Waals surface area contributed by atoms with E-state index in [0.717, 1.165) is 19.7 Å². The Morgan fingerprint density at radius 2 is 2.27 bits per heavy atom. The lowest BCUT2D eigenvalue weighted by Crippen LogP contribution is -2.20. The Hall–Kier alpha value is 0.1000. The highest BCUT2D eigenvalue weighted by Gasteiger charge is 1.97. The van der Waals surface area contributed by atoms with Crippen LogP contribution in [0.5, 0.6) is 0 Å². The summed E-state index contributed by atoms with van der Waals surface area (Å²) < 4.78 is 6.16. The monoisotopic (exact) mass is 291 g/mol.